The molecule has 0 bridgehead atoms. The molecule has 0 N–H and O–H groups in total. The van der Waals surface area contributed by atoms with E-state index in [2.05, 4.69) is 20.9 Å². The van der Waals surface area contributed by atoms with Gasteiger partial charge in [-0.3, -0.25) is 0 Å². The standard InChI is InChI=1S/C12H10BrF2N/c1-2-3-7-6-9(13)8-4-5-10(14)11(15)12(8)16-7/h4-6H,2-3H2,1H3. The minimum atomic E-state index is -0.879. The van der Waals surface area contributed by atoms with Crippen molar-refractivity contribution in [2.75, 3.05) is 0 Å². The molecule has 0 amide bonds. The van der Waals surface area contributed by atoms with Gasteiger partial charge >= 0.3 is 0 Å². The Labute approximate surface area is 101 Å². The molecule has 0 aliphatic carbocycles. The van der Waals surface area contributed by atoms with Gasteiger partial charge in [0.05, 0.1) is 0 Å². The maximum absolute atomic E-state index is 13.5. The molecule has 1 aromatic heterocycles. The lowest BCUT2D eigenvalue weighted by molar-refractivity contribution is 0.515. The summed E-state index contributed by atoms with van der Waals surface area (Å²) in [7, 11) is 0. The summed E-state index contributed by atoms with van der Waals surface area (Å²) in [6.07, 6.45) is 1.67. The van der Waals surface area contributed by atoms with Crippen LogP contribution in [0.1, 0.15) is 19.0 Å². The van der Waals surface area contributed by atoms with Crippen LogP contribution in [-0.2, 0) is 6.42 Å². The van der Waals surface area contributed by atoms with E-state index in [0.717, 1.165) is 29.1 Å². The van der Waals surface area contributed by atoms with E-state index in [1.165, 1.54) is 6.07 Å². The minimum Gasteiger partial charge on any atom is -0.250 e. The van der Waals surface area contributed by atoms with Gasteiger partial charge < -0.3 is 0 Å². The molecular formula is C12H10BrF2N. The van der Waals surface area contributed by atoms with E-state index in [9.17, 15) is 8.78 Å². The van der Waals surface area contributed by atoms with Crippen LogP contribution in [0.2, 0.25) is 0 Å². The zero-order valence-electron chi connectivity index (χ0n) is 8.73. The van der Waals surface area contributed by atoms with Crippen molar-refractivity contribution in [3.63, 3.8) is 0 Å². The average molecular weight is 286 g/mol. The summed E-state index contributed by atoms with van der Waals surface area (Å²) in [5.41, 5.74) is 0.865. The fourth-order valence-corrected chi connectivity index (χ4v) is 2.21. The molecule has 0 atom stereocenters. The van der Waals surface area contributed by atoms with Crippen LogP contribution in [0.3, 0.4) is 0 Å². The Bertz CT molecular complexity index is 540. The van der Waals surface area contributed by atoms with Crippen LogP contribution in [0, 0.1) is 11.6 Å². The smallest absolute Gasteiger partial charge is 0.185 e. The first-order chi connectivity index (χ1) is 7.63. The second kappa shape index (κ2) is 4.45. The molecule has 1 aromatic carbocycles. The van der Waals surface area contributed by atoms with Crippen LogP contribution in [0.25, 0.3) is 10.9 Å². The lowest BCUT2D eigenvalue weighted by Gasteiger charge is -2.05. The Morgan fingerprint density at radius 2 is 2.06 bits per heavy atom. The van der Waals surface area contributed by atoms with Gasteiger partial charge in [0.25, 0.3) is 0 Å². The van der Waals surface area contributed by atoms with Crippen molar-refractivity contribution in [1.29, 1.82) is 0 Å². The van der Waals surface area contributed by atoms with Crippen LogP contribution in [0.4, 0.5) is 8.78 Å². The number of rotatable bonds is 2. The zero-order chi connectivity index (χ0) is 11.7. The SMILES string of the molecule is CCCc1cc(Br)c2ccc(F)c(F)c2n1. The van der Waals surface area contributed by atoms with Gasteiger partial charge in [0.15, 0.2) is 11.6 Å². The first-order valence-electron chi connectivity index (χ1n) is 5.06. The predicted octanol–water partition coefficient (Wildman–Crippen LogP) is 4.23. The van der Waals surface area contributed by atoms with Crippen LogP contribution in [0.5, 0.6) is 0 Å². The molecule has 16 heavy (non-hydrogen) atoms. The van der Waals surface area contributed by atoms with Gasteiger partial charge in [-0.05, 0) is 24.6 Å². The van der Waals surface area contributed by atoms with Crippen molar-refractivity contribution in [2.45, 2.75) is 19.8 Å². The highest BCUT2D eigenvalue weighted by molar-refractivity contribution is 9.10. The maximum Gasteiger partial charge on any atom is 0.185 e. The lowest BCUT2D eigenvalue weighted by atomic mass is 10.1. The Kier molecular flexibility index (Phi) is 3.19. The van der Waals surface area contributed by atoms with Crippen molar-refractivity contribution in [3.8, 4) is 0 Å². The Hall–Kier alpha value is -1.03. The Morgan fingerprint density at radius 3 is 2.75 bits per heavy atom. The summed E-state index contributed by atoms with van der Waals surface area (Å²) in [5.74, 6) is -1.74. The molecule has 0 aliphatic heterocycles. The van der Waals surface area contributed by atoms with Crippen molar-refractivity contribution >= 4 is 26.8 Å². The van der Waals surface area contributed by atoms with Crippen molar-refractivity contribution in [3.05, 3.63) is 40.0 Å². The molecule has 2 rings (SSSR count). The monoisotopic (exact) mass is 285 g/mol. The third kappa shape index (κ3) is 1.94. The third-order valence-corrected chi connectivity index (χ3v) is 3.04. The van der Waals surface area contributed by atoms with Crippen molar-refractivity contribution in [1.82, 2.24) is 4.98 Å². The van der Waals surface area contributed by atoms with E-state index >= 15 is 0 Å². The number of pyridine rings is 1. The molecule has 4 heteroatoms. The summed E-state index contributed by atoms with van der Waals surface area (Å²) in [4.78, 5) is 4.14. The van der Waals surface area contributed by atoms with E-state index in [1.54, 1.807) is 0 Å². The molecule has 0 aliphatic rings. The molecule has 1 nitrogen and oxygen atoms in total. The van der Waals surface area contributed by atoms with Crippen LogP contribution >= 0.6 is 15.9 Å². The molecule has 1 heterocycles. The van der Waals surface area contributed by atoms with Crippen LogP contribution in [0.15, 0.2) is 22.7 Å². The number of aromatic nitrogens is 1. The first-order valence-corrected chi connectivity index (χ1v) is 5.86. The highest BCUT2D eigenvalue weighted by Gasteiger charge is 2.11. The summed E-state index contributed by atoms with van der Waals surface area (Å²) in [6.45, 7) is 2.02. The number of hydrogen-bond acceptors (Lipinski definition) is 1. The molecule has 0 saturated heterocycles. The fraction of sp³-hybridized carbons (Fsp3) is 0.250. The number of aryl methyl sites for hydroxylation is 1. The quantitative estimate of drug-likeness (QED) is 0.805. The number of hydrogen-bond donors (Lipinski definition) is 0. The van der Waals surface area contributed by atoms with E-state index in [-0.39, 0.29) is 5.52 Å². The van der Waals surface area contributed by atoms with E-state index in [0.29, 0.717) is 5.39 Å². The fourth-order valence-electron chi connectivity index (χ4n) is 1.63. The van der Waals surface area contributed by atoms with Gasteiger partial charge in [-0.15, -0.1) is 0 Å². The van der Waals surface area contributed by atoms with E-state index < -0.39 is 11.6 Å². The summed E-state index contributed by atoms with van der Waals surface area (Å²) in [5, 5.41) is 0.596. The number of halogens is 3. The minimum absolute atomic E-state index is 0.0952. The predicted molar refractivity (Wildman–Crippen MR) is 63.4 cm³/mol. The lowest BCUT2D eigenvalue weighted by Crippen LogP contribution is -1.95. The van der Waals surface area contributed by atoms with Crippen LogP contribution < -0.4 is 0 Å². The third-order valence-electron chi connectivity index (χ3n) is 2.38. The van der Waals surface area contributed by atoms with Gasteiger partial charge in [-0.1, -0.05) is 29.3 Å². The molecule has 2 aromatic rings. The molecule has 0 unspecified atom stereocenters. The highest BCUT2D eigenvalue weighted by Crippen LogP contribution is 2.27. The number of fused-ring (bicyclic) bond motifs is 1. The second-order valence-electron chi connectivity index (χ2n) is 3.60. The Morgan fingerprint density at radius 1 is 1.31 bits per heavy atom. The molecular weight excluding hydrogens is 276 g/mol. The zero-order valence-corrected chi connectivity index (χ0v) is 10.3. The molecule has 0 radical (unpaired) electrons. The summed E-state index contributed by atoms with van der Waals surface area (Å²) in [6, 6.07) is 4.49. The van der Waals surface area contributed by atoms with Crippen LogP contribution in [-0.4, -0.2) is 4.98 Å². The number of nitrogens with zero attached hydrogens (tertiary/aromatic N) is 1. The molecule has 0 fully saturated rings. The Balaban J connectivity index is 2.73. The van der Waals surface area contributed by atoms with Crippen molar-refractivity contribution < 1.29 is 8.78 Å². The summed E-state index contributed by atoms with van der Waals surface area (Å²) < 4.78 is 27.4. The highest BCUT2D eigenvalue weighted by atomic mass is 79.9. The average Bonchev–Trinajstić information content (AvgIpc) is 2.25. The topological polar surface area (TPSA) is 12.9 Å². The van der Waals surface area contributed by atoms with Gasteiger partial charge in [-0.25, -0.2) is 13.8 Å². The molecule has 0 spiro atoms. The molecule has 84 valence electrons. The van der Waals surface area contributed by atoms with E-state index in [1.807, 2.05) is 13.0 Å². The second-order valence-corrected chi connectivity index (χ2v) is 4.46. The van der Waals surface area contributed by atoms with E-state index in [4.69, 9.17) is 0 Å². The van der Waals surface area contributed by atoms with Gasteiger partial charge in [-0.2, -0.15) is 0 Å². The normalized spacial score (nSPS) is 11.0. The van der Waals surface area contributed by atoms with Gasteiger partial charge in [0, 0.05) is 15.6 Å². The number of benzene rings is 1. The van der Waals surface area contributed by atoms with Gasteiger partial charge in [0.2, 0.25) is 0 Å². The first kappa shape index (κ1) is 11.5. The van der Waals surface area contributed by atoms with Gasteiger partial charge in [0.1, 0.15) is 5.52 Å². The molecule has 0 saturated carbocycles. The van der Waals surface area contributed by atoms with Crippen molar-refractivity contribution in [2.24, 2.45) is 0 Å². The maximum atomic E-state index is 13.5. The summed E-state index contributed by atoms with van der Waals surface area (Å²) >= 11 is 3.35. The largest absolute Gasteiger partial charge is 0.250 e.